The maximum absolute atomic E-state index is 12.9. The van der Waals surface area contributed by atoms with Crippen LogP contribution in [-0.2, 0) is 12.6 Å². The van der Waals surface area contributed by atoms with Gasteiger partial charge < -0.3 is 5.11 Å². The molecule has 1 N–H and O–H groups in total. The van der Waals surface area contributed by atoms with Gasteiger partial charge in [-0.15, -0.1) is 0 Å². The summed E-state index contributed by atoms with van der Waals surface area (Å²) < 4.78 is 39.9. The first kappa shape index (κ1) is 22.9. The lowest BCUT2D eigenvalue weighted by Crippen LogP contribution is -2.11. The van der Waals surface area contributed by atoms with Gasteiger partial charge in [0.15, 0.2) is 5.78 Å². The first-order chi connectivity index (χ1) is 15.6. The SMILES string of the molecule is Cc1cc(CC(=O)c2cnn(-c3ccc(C(F)(F)F)cc3)c2C)cnc1C1=CCC(O)CC1. The van der Waals surface area contributed by atoms with Crippen LogP contribution in [0, 0.1) is 13.8 Å². The molecule has 0 fully saturated rings. The van der Waals surface area contributed by atoms with Crippen molar-refractivity contribution < 1.29 is 23.1 Å². The maximum atomic E-state index is 12.9. The minimum Gasteiger partial charge on any atom is -0.393 e. The van der Waals surface area contributed by atoms with Crippen LogP contribution in [-0.4, -0.2) is 31.8 Å². The number of aryl methyl sites for hydroxylation is 1. The highest BCUT2D eigenvalue weighted by Crippen LogP contribution is 2.30. The monoisotopic (exact) mass is 455 g/mol. The Labute approximate surface area is 189 Å². The summed E-state index contributed by atoms with van der Waals surface area (Å²) in [5, 5.41) is 13.9. The van der Waals surface area contributed by atoms with Crippen molar-refractivity contribution in [3.63, 3.8) is 0 Å². The summed E-state index contributed by atoms with van der Waals surface area (Å²) in [7, 11) is 0. The molecule has 2 aromatic heterocycles. The molecular weight excluding hydrogens is 431 g/mol. The van der Waals surface area contributed by atoms with Crippen molar-refractivity contribution in [2.75, 3.05) is 0 Å². The van der Waals surface area contributed by atoms with Gasteiger partial charge in [-0.2, -0.15) is 18.3 Å². The standard InChI is InChI=1S/C25H24F3N3O2/c1-15-11-17(13-29-24(15)18-3-9-21(32)10-4-18)12-23(33)22-14-30-31(16(22)2)20-7-5-19(6-8-20)25(26,27)28/h3,5-8,11,13-14,21,32H,4,9-10,12H2,1-2H3. The lowest BCUT2D eigenvalue weighted by molar-refractivity contribution is -0.137. The minimum atomic E-state index is -4.41. The number of pyridine rings is 1. The molecule has 0 radical (unpaired) electrons. The van der Waals surface area contributed by atoms with Crippen LogP contribution in [0.4, 0.5) is 13.2 Å². The summed E-state index contributed by atoms with van der Waals surface area (Å²) in [5.41, 5.74) is 4.45. The molecule has 8 heteroatoms. The Morgan fingerprint density at radius 3 is 2.52 bits per heavy atom. The van der Waals surface area contributed by atoms with Crippen LogP contribution >= 0.6 is 0 Å². The molecule has 1 aliphatic rings. The van der Waals surface area contributed by atoms with Crippen molar-refractivity contribution in [2.24, 2.45) is 0 Å². The van der Waals surface area contributed by atoms with E-state index in [9.17, 15) is 23.1 Å². The van der Waals surface area contributed by atoms with Crippen molar-refractivity contribution in [3.05, 3.63) is 82.4 Å². The van der Waals surface area contributed by atoms with E-state index in [4.69, 9.17) is 0 Å². The number of hydrogen-bond donors (Lipinski definition) is 1. The number of allylic oxidation sites excluding steroid dienone is 1. The van der Waals surface area contributed by atoms with E-state index in [0.29, 0.717) is 23.4 Å². The smallest absolute Gasteiger partial charge is 0.393 e. The van der Waals surface area contributed by atoms with Gasteiger partial charge in [0.05, 0.1) is 40.5 Å². The van der Waals surface area contributed by atoms with Crippen LogP contribution in [0.2, 0.25) is 0 Å². The second-order valence-corrected chi connectivity index (χ2v) is 8.37. The van der Waals surface area contributed by atoms with Gasteiger partial charge in [-0.25, -0.2) is 4.68 Å². The largest absolute Gasteiger partial charge is 0.416 e. The molecule has 4 rings (SSSR count). The molecule has 0 aliphatic heterocycles. The Balaban J connectivity index is 1.50. The first-order valence-corrected chi connectivity index (χ1v) is 10.7. The van der Waals surface area contributed by atoms with Crippen LogP contribution in [0.25, 0.3) is 11.3 Å². The van der Waals surface area contributed by atoms with E-state index in [0.717, 1.165) is 47.4 Å². The average Bonchev–Trinajstić information content (AvgIpc) is 3.15. The highest BCUT2D eigenvalue weighted by atomic mass is 19.4. The summed E-state index contributed by atoms with van der Waals surface area (Å²) in [6.45, 7) is 3.67. The third kappa shape index (κ3) is 4.90. The summed E-state index contributed by atoms with van der Waals surface area (Å²) in [6.07, 6.45) is 2.72. The Kier molecular flexibility index (Phi) is 6.21. The maximum Gasteiger partial charge on any atom is 0.416 e. The molecule has 0 saturated heterocycles. The number of halogens is 3. The molecule has 1 unspecified atom stereocenters. The third-order valence-corrected chi connectivity index (χ3v) is 5.94. The third-order valence-electron chi connectivity index (χ3n) is 5.94. The lowest BCUT2D eigenvalue weighted by Gasteiger charge is -2.18. The zero-order chi connectivity index (χ0) is 23.8. The molecule has 33 heavy (non-hydrogen) atoms. The predicted octanol–water partition coefficient (Wildman–Crippen LogP) is 5.26. The number of Topliss-reactive ketones (excluding diaryl/α,β-unsaturated/α-hetero) is 1. The quantitative estimate of drug-likeness (QED) is 0.533. The topological polar surface area (TPSA) is 68.0 Å². The fourth-order valence-corrected chi connectivity index (χ4v) is 4.12. The van der Waals surface area contributed by atoms with Crippen LogP contribution in [0.5, 0.6) is 0 Å². The normalized spacial score (nSPS) is 16.5. The van der Waals surface area contributed by atoms with Crippen molar-refractivity contribution in [1.82, 2.24) is 14.8 Å². The van der Waals surface area contributed by atoms with E-state index in [1.165, 1.54) is 23.0 Å². The van der Waals surface area contributed by atoms with Gasteiger partial charge in [-0.05, 0) is 74.1 Å². The van der Waals surface area contributed by atoms with Gasteiger partial charge in [0.1, 0.15) is 0 Å². The second-order valence-electron chi connectivity index (χ2n) is 8.37. The predicted molar refractivity (Wildman–Crippen MR) is 118 cm³/mol. The number of alkyl halides is 3. The molecule has 0 spiro atoms. The van der Waals surface area contributed by atoms with Gasteiger partial charge in [-0.1, -0.05) is 12.1 Å². The summed E-state index contributed by atoms with van der Waals surface area (Å²) in [5.74, 6) is -0.139. The molecule has 0 bridgehead atoms. The fraction of sp³-hybridized carbons (Fsp3) is 0.320. The fourth-order valence-electron chi connectivity index (χ4n) is 4.12. The lowest BCUT2D eigenvalue weighted by atomic mass is 9.92. The highest BCUT2D eigenvalue weighted by molar-refractivity contribution is 5.98. The van der Waals surface area contributed by atoms with Gasteiger partial charge in [0.2, 0.25) is 0 Å². The number of ketones is 1. The Morgan fingerprint density at radius 2 is 1.91 bits per heavy atom. The number of hydrogen-bond acceptors (Lipinski definition) is 4. The average molecular weight is 455 g/mol. The first-order valence-electron chi connectivity index (χ1n) is 10.7. The number of carbonyl (C=O) groups excluding carboxylic acids is 1. The van der Waals surface area contributed by atoms with Gasteiger partial charge in [0, 0.05) is 12.6 Å². The van der Waals surface area contributed by atoms with Crippen LogP contribution in [0.15, 0.2) is 48.8 Å². The number of nitrogens with zero attached hydrogens (tertiary/aromatic N) is 3. The van der Waals surface area contributed by atoms with E-state index in [2.05, 4.69) is 10.1 Å². The highest BCUT2D eigenvalue weighted by Gasteiger charge is 2.30. The van der Waals surface area contributed by atoms with Crippen molar-refractivity contribution in [1.29, 1.82) is 0 Å². The Bertz CT molecular complexity index is 1210. The number of carbonyl (C=O) groups is 1. The summed E-state index contributed by atoms with van der Waals surface area (Å²) in [4.78, 5) is 17.5. The molecular formula is C25H24F3N3O2. The Morgan fingerprint density at radius 1 is 1.18 bits per heavy atom. The zero-order valence-corrected chi connectivity index (χ0v) is 18.4. The number of aliphatic hydroxyl groups excluding tert-OH is 1. The van der Waals surface area contributed by atoms with Crippen LogP contribution in [0.1, 0.15) is 57.7 Å². The van der Waals surface area contributed by atoms with Crippen molar-refractivity contribution >= 4 is 11.4 Å². The number of aromatic nitrogens is 3. The van der Waals surface area contributed by atoms with Crippen LogP contribution < -0.4 is 0 Å². The van der Waals surface area contributed by atoms with Crippen molar-refractivity contribution in [3.8, 4) is 5.69 Å². The number of rotatable bonds is 5. The molecule has 3 aromatic rings. The molecule has 2 heterocycles. The molecule has 172 valence electrons. The molecule has 0 amide bonds. The molecule has 5 nitrogen and oxygen atoms in total. The summed E-state index contributed by atoms with van der Waals surface area (Å²) >= 11 is 0. The zero-order valence-electron chi connectivity index (χ0n) is 18.4. The second kappa shape index (κ2) is 8.94. The van der Waals surface area contributed by atoms with E-state index in [-0.39, 0.29) is 18.3 Å². The van der Waals surface area contributed by atoms with Gasteiger partial charge >= 0.3 is 6.18 Å². The molecule has 0 saturated carbocycles. The van der Waals surface area contributed by atoms with Crippen molar-refractivity contribution in [2.45, 2.75) is 51.8 Å². The van der Waals surface area contributed by atoms with Gasteiger partial charge in [0.25, 0.3) is 0 Å². The van der Waals surface area contributed by atoms with E-state index in [1.54, 1.807) is 13.1 Å². The van der Waals surface area contributed by atoms with Gasteiger partial charge in [-0.3, -0.25) is 9.78 Å². The molecule has 1 aromatic carbocycles. The van der Waals surface area contributed by atoms with E-state index < -0.39 is 11.7 Å². The van der Waals surface area contributed by atoms with Crippen LogP contribution in [0.3, 0.4) is 0 Å². The number of aliphatic hydroxyl groups is 1. The Hall–Kier alpha value is -3.26. The number of benzene rings is 1. The summed E-state index contributed by atoms with van der Waals surface area (Å²) in [6, 6.07) is 6.61. The molecule has 1 atom stereocenters. The van der Waals surface area contributed by atoms with E-state index >= 15 is 0 Å². The van der Waals surface area contributed by atoms with E-state index in [1.807, 2.05) is 19.1 Å². The minimum absolute atomic E-state index is 0.139. The molecule has 1 aliphatic carbocycles.